The Bertz CT molecular complexity index is 839. The van der Waals surface area contributed by atoms with Gasteiger partial charge < -0.3 is 15.8 Å². The zero-order valence-electron chi connectivity index (χ0n) is 15.0. The Kier molecular flexibility index (Phi) is 5.37. The molecule has 1 atom stereocenters. The topological polar surface area (TPSA) is 76.7 Å². The Morgan fingerprint density at radius 2 is 1.73 bits per heavy atom. The van der Waals surface area contributed by atoms with Gasteiger partial charge in [-0.25, -0.2) is 9.79 Å². The lowest BCUT2D eigenvalue weighted by Gasteiger charge is -2.25. The molecule has 2 aromatic rings. The van der Waals surface area contributed by atoms with Crippen molar-refractivity contribution in [3.63, 3.8) is 0 Å². The lowest BCUT2D eigenvalue weighted by molar-refractivity contribution is -0.139. The number of ether oxygens (including phenoxy) is 1. The number of carbonyl (C=O) groups excluding carboxylic acids is 1. The number of hydrogen-bond donors (Lipinski definition) is 2. The number of rotatable bonds is 5. The van der Waals surface area contributed by atoms with Crippen molar-refractivity contribution in [2.24, 2.45) is 10.7 Å². The second-order valence-corrected chi connectivity index (χ2v) is 6.00. The maximum absolute atomic E-state index is 12.5. The zero-order chi connectivity index (χ0) is 18.5. The van der Waals surface area contributed by atoms with Crippen LogP contribution in [0.15, 0.2) is 70.9 Å². The highest BCUT2D eigenvalue weighted by atomic mass is 16.5. The summed E-state index contributed by atoms with van der Waals surface area (Å²) in [6, 6.07) is 17.7. The number of benzene rings is 2. The van der Waals surface area contributed by atoms with Crippen LogP contribution in [0.3, 0.4) is 0 Å². The third-order valence-corrected chi connectivity index (χ3v) is 4.33. The van der Waals surface area contributed by atoms with Gasteiger partial charge in [0.1, 0.15) is 6.04 Å². The van der Waals surface area contributed by atoms with Gasteiger partial charge in [-0.05, 0) is 30.0 Å². The Labute approximate surface area is 153 Å². The molecule has 3 rings (SSSR count). The van der Waals surface area contributed by atoms with Crippen LogP contribution in [0.1, 0.15) is 31.9 Å². The van der Waals surface area contributed by atoms with E-state index >= 15 is 0 Å². The molecule has 3 N–H and O–H groups in total. The van der Waals surface area contributed by atoms with E-state index < -0.39 is 6.04 Å². The van der Waals surface area contributed by atoms with Gasteiger partial charge in [0, 0.05) is 5.70 Å². The van der Waals surface area contributed by atoms with Gasteiger partial charge in [-0.2, -0.15) is 0 Å². The molecule has 1 unspecified atom stereocenters. The number of allylic oxidation sites excluding steroid dienone is 1. The lowest BCUT2D eigenvalue weighted by Crippen LogP contribution is -2.38. The number of nitrogens with one attached hydrogen (secondary N) is 1. The molecule has 2 aromatic carbocycles. The van der Waals surface area contributed by atoms with Crippen LogP contribution >= 0.6 is 0 Å². The fraction of sp³-hybridized carbons (Fsp3) is 0.238. The van der Waals surface area contributed by atoms with Gasteiger partial charge in [0.15, 0.2) is 5.96 Å². The Morgan fingerprint density at radius 3 is 2.35 bits per heavy atom. The number of carbonyl (C=O) groups is 1. The van der Waals surface area contributed by atoms with Gasteiger partial charge in [-0.3, -0.25) is 0 Å². The molecule has 134 valence electrons. The molecule has 0 saturated carbocycles. The van der Waals surface area contributed by atoms with E-state index in [0.29, 0.717) is 24.6 Å². The summed E-state index contributed by atoms with van der Waals surface area (Å²) < 4.78 is 5.25. The number of nitrogens with zero attached hydrogens (tertiary/aromatic N) is 1. The van der Waals surface area contributed by atoms with Crippen LogP contribution in [-0.2, 0) is 9.53 Å². The molecule has 1 aliphatic rings. The maximum atomic E-state index is 12.5. The van der Waals surface area contributed by atoms with E-state index in [2.05, 4.69) is 22.4 Å². The molecule has 0 saturated heterocycles. The molecule has 0 fully saturated rings. The first-order valence-corrected chi connectivity index (χ1v) is 8.79. The van der Waals surface area contributed by atoms with Crippen LogP contribution < -0.4 is 11.1 Å². The van der Waals surface area contributed by atoms with E-state index in [1.54, 1.807) is 6.92 Å². The van der Waals surface area contributed by atoms with Crippen molar-refractivity contribution in [1.29, 1.82) is 0 Å². The maximum Gasteiger partial charge on any atom is 0.338 e. The number of esters is 1. The monoisotopic (exact) mass is 349 g/mol. The third-order valence-electron chi connectivity index (χ3n) is 4.33. The molecule has 1 heterocycles. The fourth-order valence-electron chi connectivity index (χ4n) is 3.08. The first kappa shape index (κ1) is 17.7. The Hall–Kier alpha value is -3.08. The predicted octanol–water partition coefficient (Wildman–Crippen LogP) is 3.54. The van der Waals surface area contributed by atoms with Gasteiger partial charge >= 0.3 is 5.97 Å². The van der Waals surface area contributed by atoms with E-state index in [1.165, 1.54) is 0 Å². The summed E-state index contributed by atoms with van der Waals surface area (Å²) in [5.74, 6) is -0.0442. The van der Waals surface area contributed by atoms with Crippen LogP contribution in [0.4, 0.5) is 0 Å². The second kappa shape index (κ2) is 7.87. The fourth-order valence-corrected chi connectivity index (χ4v) is 3.08. The van der Waals surface area contributed by atoms with E-state index in [1.807, 2.05) is 49.4 Å². The minimum Gasteiger partial charge on any atom is -0.463 e. The van der Waals surface area contributed by atoms with E-state index in [4.69, 9.17) is 10.5 Å². The molecule has 5 nitrogen and oxygen atoms in total. The molecule has 0 aromatic heterocycles. The Balaban J connectivity index is 1.98. The normalized spacial score (nSPS) is 16.7. The van der Waals surface area contributed by atoms with Crippen molar-refractivity contribution < 1.29 is 9.53 Å². The zero-order valence-corrected chi connectivity index (χ0v) is 15.0. The first-order valence-electron chi connectivity index (χ1n) is 8.79. The van der Waals surface area contributed by atoms with Crippen LogP contribution in [0.2, 0.25) is 0 Å². The van der Waals surface area contributed by atoms with Gasteiger partial charge in [0.05, 0.1) is 12.2 Å². The average molecular weight is 349 g/mol. The minimum atomic E-state index is -0.463. The average Bonchev–Trinajstić information content (AvgIpc) is 2.68. The molecule has 0 aliphatic carbocycles. The highest BCUT2D eigenvalue weighted by molar-refractivity contribution is 5.95. The summed E-state index contributed by atoms with van der Waals surface area (Å²) in [4.78, 5) is 17.0. The van der Waals surface area contributed by atoms with Gasteiger partial charge in [0.2, 0.25) is 0 Å². The highest BCUT2D eigenvalue weighted by Gasteiger charge is 2.30. The SMILES string of the molecule is CCOC(=O)C1=C(CC)NC(N)=NC1c1ccc(-c2ccccc2)cc1. The van der Waals surface area contributed by atoms with Crippen molar-refractivity contribution >= 4 is 11.9 Å². The number of guanidine groups is 1. The summed E-state index contributed by atoms with van der Waals surface area (Å²) in [7, 11) is 0. The van der Waals surface area contributed by atoms with Crippen molar-refractivity contribution in [1.82, 2.24) is 5.32 Å². The molecule has 0 spiro atoms. The largest absolute Gasteiger partial charge is 0.463 e. The van der Waals surface area contributed by atoms with Gasteiger partial charge in [-0.1, -0.05) is 61.5 Å². The quantitative estimate of drug-likeness (QED) is 0.810. The van der Waals surface area contributed by atoms with Gasteiger partial charge in [-0.15, -0.1) is 0 Å². The number of hydrogen-bond acceptors (Lipinski definition) is 5. The standard InChI is InChI=1S/C21H23N3O2/c1-3-17-18(20(25)26-4-2)19(24-21(22)23-17)16-12-10-15(11-13-16)14-8-6-5-7-9-14/h5-13,19H,3-4H2,1-2H3,(H3,22,23,24). The van der Waals surface area contributed by atoms with Crippen molar-refractivity contribution in [3.05, 3.63) is 71.4 Å². The molecule has 5 heteroatoms. The summed E-state index contributed by atoms with van der Waals surface area (Å²) in [5, 5.41) is 3.00. The van der Waals surface area contributed by atoms with Crippen LogP contribution in [0.25, 0.3) is 11.1 Å². The van der Waals surface area contributed by atoms with Crippen molar-refractivity contribution in [2.75, 3.05) is 6.61 Å². The molecular weight excluding hydrogens is 326 g/mol. The molecule has 0 bridgehead atoms. The van der Waals surface area contributed by atoms with Crippen LogP contribution in [0.5, 0.6) is 0 Å². The Morgan fingerprint density at radius 1 is 1.08 bits per heavy atom. The molecule has 0 radical (unpaired) electrons. The predicted molar refractivity (Wildman–Crippen MR) is 103 cm³/mol. The van der Waals surface area contributed by atoms with Crippen molar-refractivity contribution in [2.45, 2.75) is 26.3 Å². The first-order chi connectivity index (χ1) is 12.6. The lowest BCUT2D eigenvalue weighted by atomic mass is 9.93. The van der Waals surface area contributed by atoms with E-state index in [0.717, 1.165) is 22.4 Å². The van der Waals surface area contributed by atoms with Crippen LogP contribution in [-0.4, -0.2) is 18.5 Å². The highest BCUT2D eigenvalue weighted by Crippen LogP contribution is 2.33. The number of nitrogens with two attached hydrogens (primary N) is 1. The van der Waals surface area contributed by atoms with Gasteiger partial charge in [0.25, 0.3) is 0 Å². The number of aliphatic imine (C=N–C) groups is 1. The molecule has 1 aliphatic heterocycles. The smallest absolute Gasteiger partial charge is 0.338 e. The second-order valence-electron chi connectivity index (χ2n) is 6.00. The van der Waals surface area contributed by atoms with Crippen LogP contribution in [0, 0.1) is 0 Å². The summed E-state index contributed by atoms with van der Waals surface area (Å²) >= 11 is 0. The summed E-state index contributed by atoms with van der Waals surface area (Å²) in [5.41, 5.74) is 10.4. The van der Waals surface area contributed by atoms with Crippen molar-refractivity contribution in [3.8, 4) is 11.1 Å². The molecule has 0 amide bonds. The molecular formula is C21H23N3O2. The molecule has 26 heavy (non-hydrogen) atoms. The third kappa shape index (κ3) is 3.61. The summed E-state index contributed by atoms with van der Waals surface area (Å²) in [6.45, 7) is 4.08. The van der Waals surface area contributed by atoms with E-state index in [9.17, 15) is 4.79 Å². The summed E-state index contributed by atoms with van der Waals surface area (Å²) in [6.07, 6.45) is 0.642. The minimum absolute atomic E-state index is 0.312. The van der Waals surface area contributed by atoms with E-state index in [-0.39, 0.29) is 5.97 Å².